The largest absolute Gasteiger partial charge is 0.351 e. The monoisotopic (exact) mass is 521 g/mol. The van der Waals surface area contributed by atoms with Crippen molar-refractivity contribution in [1.29, 1.82) is 0 Å². The summed E-state index contributed by atoms with van der Waals surface area (Å²) < 4.78 is 0. The van der Waals surface area contributed by atoms with Crippen LogP contribution in [0, 0.1) is 0 Å². The third-order valence-corrected chi connectivity index (χ3v) is 7.89. The first kappa shape index (κ1) is 25.0. The molecule has 2 amide bonds. The number of fused-ring (bicyclic) bond motifs is 2. The molecule has 1 saturated carbocycles. The molecule has 1 aromatic carbocycles. The fourth-order valence-electron chi connectivity index (χ4n) is 4.62. The first-order valence-electron chi connectivity index (χ1n) is 11.3. The smallest absolute Gasteiger partial charge is 0.280 e. The SMILES string of the molecule is CC(C)(C)N1Cc2nc(C(=O)N[C@@H]3CCC[C@H]3NC(=O)c3cc4cc(Cl)ccc4[nH]3)sc2C1.Cl. The third kappa shape index (κ3) is 4.96. The van der Waals surface area contributed by atoms with Gasteiger partial charge in [-0.05, 0) is 64.3 Å². The van der Waals surface area contributed by atoms with Crippen LogP contribution in [0.15, 0.2) is 24.3 Å². The van der Waals surface area contributed by atoms with Crippen LogP contribution in [-0.4, -0.2) is 44.3 Å². The van der Waals surface area contributed by atoms with E-state index in [2.05, 4.69) is 46.3 Å². The summed E-state index contributed by atoms with van der Waals surface area (Å²) in [5.74, 6) is -0.327. The molecule has 1 fully saturated rings. The van der Waals surface area contributed by atoms with Gasteiger partial charge in [0.25, 0.3) is 11.8 Å². The van der Waals surface area contributed by atoms with Crippen molar-refractivity contribution >= 4 is 58.1 Å². The van der Waals surface area contributed by atoms with E-state index in [0.29, 0.717) is 15.7 Å². The number of carbonyl (C=O) groups is 2. The van der Waals surface area contributed by atoms with Crippen LogP contribution in [0.1, 0.15) is 70.9 Å². The van der Waals surface area contributed by atoms with Crippen LogP contribution in [0.2, 0.25) is 5.02 Å². The highest BCUT2D eigenvalue weighted by Gasteiger charge is 2.34. The highest BCUT2D eigenvalue weighted by atomic mass is 35.5. The summed E-state index contributed by atoms with van der Waals surface area (Å²) in [6.45, 7) is 8.19. The summed E-state index contributed by atoms with van der Waals surface area (Å²) in [5, 5.41) is 8.25. The molecule has 1 aliphatic heterocycles. The van der Waals surface area contributed by atoms with Gasteiger partial charge in [0, 0.05) is 51.5 Å². The Kier molecular flexibility index (Phi) is 6.97. The van der Waals surface area contributed by atoms with E-state index in [0.717, 1.165) is 48.9 Å². The number of amides is 2. The van der Waals surface area contributed by atoms with Crippen molar-refractivity contribution in [3.63, 3.8) is 0 Å². The second-order valence-corrected chi connectivity index (χ2v) is 11.4. The van der Waals surface area contributed by atoms with Crippen LogP contribution >= 0.6 is 35.3 Å². The Morgan fingerprint density at radius 1 is 1.12 bits per heavy atom. The van der Waals surface area contributed by atoms with Gasteiger partial charge in [0.1, 0.15) is 5.69 Å². The maximum Gasteiger partial charge on any atom is 0.280 e. The Morgan fingerprint density at radius 3 is 2.50 bits per heavy atom. The molecule has 182 valence electrons. The first-order chi connectivity index (χ1) is 15.7. The number of rotatable bonds is 4. The molecule has 0 radical (unpaired) electrons. The fraction of sp³-hybridized carbons (Fsp3) is 0.458. The molecule has 3 aromatic rings. The van der Waals surface area contributed by atoms with E-state index in [1.165, 1.54) is 16.2 Å². The highest BCUT2D eigenvalue weighted by molar-refractivity contribution is 7.13. The Bertz CT molecular complexity index is 1210. The summed E-state index contributed by atoms with van der Waals surface area (Å²) in [4.78, 5) is 37.1. The van der Waals surface area contributed by atoms with Crippen LogP contribution in [-0.2, 0) is 13.1 Å². The van der Waals surface area contributed by atoms with Crippen molar-refractivity contribution in [2.75, 3.05) is 0 Å². The van der Waals surface area contributed by atoms with Crippen molar-refractivity contribution in [3.05, 3.63) is 50.6 Å². The van der Waals surface area contributed by atoms with E-state index in [9.17, 15) is 9.59 Å². The first-order valence-corrected chi connectivity index (χ1v) is 12.5. The number of nitrogens with one attached hydrogen (secondary N) is 3. The number of hydrogen-bond donors (Lipinski definition) is 3. The van der Waals surface area contributed by atoms with Crippen molar-refractivity contribution in [1.82, 2.24) is 25.5 Å². The summed E-state index contributed by atoms with van der Waals surface area (Å²) in [7, 11) is 0. The predicted octanol–water partition coefficient (Wildman–Crippen LogP) is 4.89. The van der Waals surface area contributed by atoms with Gasteiger partial charge in [-0.25, -0.2) is 4.98 Å². The zero-order chi connectivity index (χ0) is 23.3. The topological polar surface area (TPSA) is 90.1 Å². The number of halogens is 2. The molecule has 5 rings (SSSR count). The molecule has 0 unspecified atom stereocenters. The molecule has 2 aliphatic rings. The van der Waals surface area contributed by atoms with Gasteiger partial charge in [0.2, 0.25) is 0 Å². The molecule has 10 heteroatoms. The summed E-state index contributed by atoms with van der Waals surface area (Å²) >= 11 is 7.53. The molecule has 0 spiro atoms. The van der Waals surface area contributed by atoms with Gasteiger partial charge in [0.05, 0.1) is 5.69 Å². The molecule has 3 heterocycles. The number of nitrogens with zero attached hydrogens (tertiary/aromatic N) is 2. The van der Waals surface area contributed by atoms with E-state index >= 15 is 0 Å². The van der Waals surface area contributed by atoms with Crippen LogP contribution in [0.25, 0.3) is 10.9 Å². The van der Waals surface area contributed by atoms with Gasteiger partial charge in [-0.1, -0.05) is 11.6 Å². The average molecular weight is 523 g/mol. The molecule has 3 N–H and O–H groups in total. The molecule has 1 aliphatic carbocycles. The summed E-state index contributed by atoms with van der Waals surface area (Å²) in [6.07, 6.45) is 2.62. The number of H-pyrrole nitrogens is 1. The Labute approximate surface area is 214 Å². The number of benzene rings is 1. The second kappa shape index (κ2) is 9.49. The van der Waals surface area contributed by atoms with Gasteiger partial charge in [-0.3, -0.25) is 14.5 Å². The van der Waals surface area contributed by atoms with Crippen molar-refractivity contribution in [2.24, 2.45) is 0 Å². The van der Waals surface area contributed by atoms with Crippen molar-refractivity contribution < 1.29 is 9.59 Å². The molecule has 2 aromatic heterocycles. The predicted molar refractivity (Wildman–Crippen MR) is 138 cm³/mol. The minimum absolute atomic E-state index is 0. The molecule has 0 saturated heterocycles. The van der Waals surface area contributed by atoms with E-state index in [1.807, 2.05) is 12.1 Å². The maximum absolute atomic E-state index is 12.9. The lowest BCUT2D eigenvalue weighted by Gasteiger charge is -2.31. The van der Waals surface area contributed by atoms with Crippen LogP contribution in [0.5, 0.6) is 0 Å². The highest BCUT2D eigenvalue weighted by Crippen LogP contribution is 2.33. The van der Waals surface area contributed by atoms with E-state index in [-0.39, 0.29) is 41.8 Å². The quantitative estimate of drug-likeness (QED) is 0.455. The lowest BCUT2D eigenvalue weighted by molar-refractivity contribution is 0.0889. The Balaban J connectivity index is 0.00000274. The minimum atomic E-state index is -0.177. The Morgan fingerprint density at radius 2 is 1.82 bits per heavy atom. The molecular formula is C24H29Cl2N5O2S. The van der Waals surface area contributed by atoms with Crippen LogP contribution in [0.4, 0.5) is 0 Å². The molecule has 7 nitrogen and oxygen atoms in total. The van der Waals surface area contributed by atoms with Crippen LogP contribution in [0.3, 0.4) is 0 Å². The average Bonchev–Trinajstić information content (AvgIpc) is 3.49. The van der Waals surface area contributed by atoms with Crippen LogP contribution < -0.4 is 10.6 Å². The van der Waals surface area contributed by atoms with Gasteiger partial charge in [-0.2, -0.15) is 0 Å². The number of aromatic amines is 1. The fourth-order valence-corrected chi connectivity index (χ4v) is 5.79. The number of carbonyl (C=O) groups excluding carboxylic acids is 2. The number of hydrogen-bond acceptors (Lipinski definition) is 5. The minimum Gasteiger partial charge on any atom is -0.351 e. The van der Waals surface area contributed by atoms with Gasteiger partial charge >= 0.3 is 0 Å². The summed E-state index contributed by atoms with van der Waals surface area (Å²) in [5.41, 5.74) is 2.44. The molecule has 34 heavy (non-hydrogen) atoms. The van der Waals surface area contributed by atoms with Crippen molar-refractivity contribution in [2.45, 2.75) is 70.7 Å². The lowest BCUT2D eigenvalue weighted by Crippen LogP contribution is -2.48. The maximum atomic E-state index is 12.9. The zero-order valence-electron chi connectivity index (χ0n) is 19.4. The summed E-state index contributed by atoms with van der Waals surface area (Å²) in [6, 6.07) is 7.06. The van der Waals surface area contributed by atoms with Crippen molar-refractivity contribution in [3.8, 4) is 0 Å². The Hall–Kier alpha value is -2.13. The number of aromatic nitrogens is 2. The second-order valence-electron chi connectivity index (χ2n) is 9.92. The molecular weight excluding hydrogens is 493 g/mol. The molecule has 2 atom stereocenters. The molecule has 0 bridgehead atoms. The standard InChI is InChI=1S/C24H28ClN5O2S.ClH/c1-24(2,3)30-11-19-20(12-30)33-23(29-19)22(32)28-17-6-4-5-16(17)27-21(31)18-10-13-9-14(25)7-8-15(13)26-18;/h7-10,16-17,26H,4-6,11-12H2,1-3H3,(H,27,31)(H,28,32);1H/t16-,17-;/m1./s1. The third-order valence-electron chi connectivity index (χ3n) is 6.57. The van der Waals surface area contributed by atoms with E-state index in [4.69, 9.17) is 11.6 Å². The lowest BCUT2D eigenvalue weighted by atomic mass is 10.1. The van der Waals surface area contributed by atoms with E-state index in [1.54, 1.807) is 12.1 Å². The van der Waals surface area contributed by atoms with Gasteiger partial charge < -0.3 is 15.6 Å². The zero-order valence-corrected chi connectivity index (χ0v) is 21.8. The van der Waals surface area contributed by atoms with Gasteiger partial charge in [0.15, 0.2) is 5.01 Å². The van der Waals surface area contributed by atoms with Gasteiger partial charge in [-0.15, -0.1) is 23.7 Å². The van der Waals surface area contributed by atoms with E-state index < -0.39 is 0 Å². The number of thiazole rings is 1. The normalized spacial score (nSPS) is 20.2.